The average Bonchev–Trinajstić information content (AvgIpc) is 3.14. The molecule has 6 heteroatoms. The Morgan fingerprint density at radius 2 is 1.93 bits per heavy atom. The van der Waals surface area contributed by atoms with Crippen LogP contribution in [-0.2, 0) is 14.9 Å². The zero-order chi connectivity index (χ0) is 20.6. The highest BCUT2D eigenvalue weighted by molar-refractivity contribution is 5.95. The fraction of sp³-hybridized carbons (Fsp3) is 0.565. The van der Waals surface area contributed by atoms with Gasteiger partial charge in [0.25, 0.3) is 5.91 Å². The van der Waals surface area contributed by atoms with Gasteiger partial charge in [-0.05, 0) is 31.9 Å². The van der Waals surface area contributed by atoms with Crippen molar-refractivity contribution in [2.75, 3.05) is 32.9 Å². The molecule has 0 bridgehead atoms. The minimum Gasteiger partial charge on any atom is -0.378 e. The Morgan fingerprint density at radius 1 is 1.17 bits per heavy atom. The van der Waals surface area contributed by atoms with Gasteiger partial charge in [0.15, 0.2) is 0 Å². The lowest BCUT2D eigenvalue weighted by Gasteiger charge is -2.44. The number of hydrogen-bond acceptors (Lipinski definition) is 4. The molecule has 4 rings (SSSR count). The molecule has 2 aliphatic rings. The molecule has 1 spiro atoms. The number of rotatable bonds is 2. The predicted molar refractivity (Wildman–Crippen MR) is 112 cm³/mol. The summed E-state index contributed by atoms with van der Waals surface area (Å²) in [5.74, 6) is 0.0292. The molecular formula is C23H31N3O3. The molecule has 1 unspecified atom stereocenters. The summed E-state index contributed by atoms with van der Waals surface area (Å²) in [5, 5.41) is 4.81. The van der Waals surface area contributed by atoms with E-state index < -0.39 is 0 Å². The molecule has 6 nitrogen and oxygen atoms in total. The van der Waals surface area contributed by atoms with Gasteiger partial charge in [-0.1, -0.05) is 38.5 Å². The highest BCUT2D eigenvalue weighted by Gasteiger charge is 2.41. The number of aromatic nitrogens is 2. The van der Waals surface area contributed by atoms with Crippen LogP contribution in [0.4, 0.5) is 0 Å². The number of carbonyl (C=O) groups excluding carboxylic acids is 1. The van der Waals surface area contributed by atoms with E-state index in [0.717, 1.165) is 30.8 Å². The van der Waals surface area contributed by atoms with Crippen molar-refractivity contribution >= 4 is 5.91 Å². The van der Waals surface area contributed by atoms with Crippen LogP contribution in [0, 0.1) is 6.92 Å². The number of amides is 1. The summed E-state index contributed by atoms with van der Waals surface area (Å²) in [6.45, 7) is 11.4. The molecule has 3 heterocycles. The third-order valence-electron chi connectivity index (χ3n) is 5.78. The van der Waals surface area contributed by atoms with Crippen LogP contribution >= 0.6 is 0 Å². The number of benzene rings is 1. The maximum Gasteiger partial charge on any atom is 0.257 e. The SMILES string of the molecule is Cc1ccc(-n2cc(C(=O)N3CCOC4(CCCOC4)C3)c(C(C)(C)C)n2)cc1. The van der Waals surface area contributed by atoms with Crippen molar-refractivity contribution in [1.82, 2.24) is 14.7 Å². The molecule has 1 aromatic heterocycles. The van der Waals surface area contributed by atoms with E-state index in [1.54, 1.807) is 0 Å². The minimum absolute atomic E-state index is 0.0292. The van der Waals surface area contributed by atoms with Gasteiger partial charge >= 0.3 is 0 Å². The van der Waals surface area contributed by atoms with Crippen molar-refractivity contribution in [3.63, 3.8) is 0 Å². The fourth-order valence-corrected chi connectivity index (χ4v) is 4.17. The summed E-state index contributed by atoms with van der Waals surface area (Å²) < 4.78 is 13.6. The molecule has 2 saturated heterocycles. The number of morpholine rings is 1. The molecule has 29 heavy (non-hydrogen) atoms. The van der Waals surface area contributed by atoms with Gasteiger partial charge in [-0.2, -0.15) is 5.10 Å². The van der Waals surface area contributed by atoms with Gasteiger partial charge in [0.1, 0.15) is 5.60 Å². The molecule has 0 N–H and O–H groups in total. The second-order valence-electron chi connectivity index (χ2n) is 9.34. The Labute approximate surface area is 172 Å². The first-order valence-corrected chi connectivity index (χ1v) is 10.5. The molecular weight excluding hydrogens is 366 g/mol. The lowest BCUT2D eigenvalue weighted by atomic mass is 9.89. The fourth-order valence-electron chi connectivity index (χ4n) is 4.17. The number of ether oxygens (including phenoxy) is 2. The molecule has 1 amide bonds. The van der Waals surface area contributed by atoms with E-state index in [-0.39, 0.29) is 16.9 Å². The van der Waals surface area contributed by atoms with Crippen molar-refractivity contribution in [3.05, 3.63) is 47.3 Å². The van der Waals surface area contributed by atoms with Crippen LogP contribution in [0.25, 0.3) is 5.69 Å². The van der Waals surface area contributed by atoms with E-state index in [0.29, 0.717) is 31.9 Å². The molecule has 0 aliphatic carbocycles. The second kappa shape index (κ2) is 7.58. The highest BCUT2D eigenvalue weighted by Crippen LogP contribution is 2.31. The predicted octanol–water partition coefficient (Wildman–Crippen LogP) is 3.50. The topological polar surface area (TPSA) is 56.6 Å². The van der Waals surface area contributed by atoms with Crippen LogP contribution in [0.15, 0.2) is 30.5 Å². The van der Waals surface area contributed by atoms with E-state index in [1.807, 2.05) is 27.9 Å². The minimum atomic E-state index is -0.360. The lowest BCUT2D eigenvalue weighted by Crippen LogP contribution is -2.57. The Bertz CT molecular complexity index is 868. The molecule has 2 fully saturated rings. The molecule has 1 atom stereocenters. The van der Waals surface area contributed by atoms with Gasteiger partial charge in [-0.25, -0.2) is 4.68 Å². The maximum atomic E-state index is 13.6. The summed E-state index contributed by atoms with van der Waals surface area (Å²) in [6, 6.07) is 8.19. The molecule has 2 aromatic rings. The third kappa shape index (κ3) is 4.09. The first-order valence-electron chi connectivity index (χ1n) is 10.5. The van der Waals surface area contributed by atoms with Gasteiger partial charge in [0.2, 0.25) is 0 Å². The van der Waals surface area contributed by atoms with E-state index in [4.69, 9.17) is 14.6 Å². The number of nitrogens with zero attached hydrogens (tertiary/aromatic N) is 3. The third-order valence-corrected chi connectivity index (χ3v) is 5.78. The van der Waals surface area contributed by atoms with Gasteiger partial charge in [0.05, 0.1) is 36.7 Å². The van der Waals surface area contributed by atoms with Crippen LogP contribution in [0.5, 0.6) is 0 Å². The second-order valence-corrected chi connectivity index (χ2v) is 9.34. The van der Waals surface area contributed by atoms with Crippen LogP contribution in [-0.4, -0.2) is 59.1 Å². The number of aryl methyl sites for hydroxylation is 1. The molecule has 1 aromatic carbocycles. The van der Waals surface area contributed by atoms with Crippen molar-refractivity contribution in [1.29, 1.82) is 0 Å². The van der Waals surface area contributed by atoms with Gasteiger partial charge < -0.3 is 14.4 Å². The first-order chi connectivity index (χ1) is 13.8. The zero-order valence-electron chi connectivity index (χ0n) is 17.9. The van der Waals surface area contributed by atoms with Gasteiger partial charge in [-0.3, -0.25) is 4.79 Å². The molecule has 0 radical (unpaired) electrons. The Hall–Kier alpha value is -2.18. The average molecular weight is 398 g/mol. The summed E-state index contributed by atoms with van der Waals surface area (Å²) in [7, 11) is 0. The molecule has 0 saturated carbocycles. The van der Waals surface area contributed by atoms with E-state index in [1.165, 1.54) is 5.56 Å². The number of carbonyl (C=O) groups is 1. The highest BCUT2D eigenvalue weighted by atomic mass is 16.5. The Morgan fingerprint density at radius 3 is 2.59 bits per heavy atom. The molecule has 156 valence electrons. The summed E-state index contributed by atoms with van der Waals surface area (Å²) in [6.07, 6.45) is 3.79. The smallest absolute Gasteiger partial charge is 0.257 e. The van der Waals surface area contributed by atoms with Crippen molar-refractivity contribution in [2.45, 2.75) is 51.6 Å². The first kappa shape index (κ1) is 20.1. The summed E-state index contributed by atoms with van der Waals surface area (Å²) in [5.41, 5.74) is 3.05. The lowest BCUT2D eigenvalue weighted by molar-refractivity contribution is -0.160. The Balaban J connectivity index is 1.65. The quantitative estimate of drug-likeness (QED) is 0.778. The zero-order valence-corrected chi connectivity index (χ0v) is 17.9. The van der Waals surface area contributed by atoms with Crippen LogP contribution < -0.4 is 0 Å². The van der Waals surface area contributed by atoms with E-state index in [2.05, 4.69) is 39.8 Å². The van der Waals surface area contributed by atoms with Gasteiger partial charge in [-0.15, -0.1) is 0 Å². The van der Waals surface area contributed by atoms with Crippen LogP contribution in [0.2, 0.25) is 0 Å². The van der Waals surface area contributed by atoms with Crippen molar-refractivity contribution in [2.24, 2.45) is 0 Å². The summed E-state index contributed by atoms with van der Waals surface area (Å²) >= 11 is 0. The van der Waals surface area contributed by atoms with E-state index in [9.17, 15) is 4.79 Å². The Kier molecular flexibility index (Phi) is 5.25. The summed E-state index contributed by atoms with van der Waals surface area (Å²) in [4.78, 5) is 15.5. The molecule has 2 aliphatic heterocycles. The largest absolute Gasteiger partial charge is 0.378 e. The van der Waals surface area contributed by atoms with Gasteiger partial charge in [0, 0.05) is 24.8 Å². The van der Waals surface area contributed by atoms with Crippen LogP contribution in [0.3, 0.4) is 0 Å². The monoisotopic (exact) mass is 397 g/mol. The standard InChI is InChI=1S/C23H31N3O3/c1-17-6-8-18(9-7-17)26-14-19(20(24-26)22(2,3)4)21(27)25-11-13-29-23(15-25)10-5-12-28-16-23/h6-9,14H,5,10-13,15-16H2,1-4H3. The van der Waals surface area contributed by atoms with Crippen LogP contribution in [0.1, 0.15) is 55.2 Å². The van der Waals surface area contributed by atoms with E-state index >= 15 is 0 Å². The van der Waals surface area contributed by atoms with Crippen molar-refractivity contribution < 1.29 is 14.3 Å². The number of hydrogen-bond donors (Lipinski definition) is 0. The van der Waals surface area contributed by atoms with Crippen molar-refractivity contribution in [3.8, 4) is 5.69 Å². The maximum absolute atomic E-state index is 13.6. The normalized spacial score (nSPS) is 22.8.